The minimum Gasteiger partial charge on any atom is -0.494 e. The molecule has 1 aromatic heterocycles. The second-order valence-electron chi connectivity index (χ2n) is 6.60. The van der Waals surface area contributed by atoms with Gasteiger partial charge in [0.2, 0.25) is 5.56 Å². The van der Waals surface area contributed by atoms with Crippen LogP contribution in [0.3, 0.4) is 0 Å². The minimum atomic E-state index is -1.24. The fraction of sp³-hybridized carbons (Fsp3) is 0.350. The average Bonchev–Trinajstić information content (AvgIpc) is 2.59. The van der Waals surface area contributed by atoms with Crippen LogP contribution in [-0.4, -0.2) is 28.6 Å². The van der Waals surface area contributed by atoms with Gasteiger partial charge in [0.15, 0.2) is 6.04 Å². The summed E-state index contributed by atoms with van der Waals surface area (Å²) in [5.74, 6) is -0.897. The summed E-state index contributed by atoms with van der Waals surface area (Å²) in [6, 6.07) is 7.98. The Labute approximate surface area is 157 Å². The van der Waals surface area contributed by atoms with E-state index in [1.165, 1.54) is 0 Å². The average molecular weight is 372 g/mol. The Bertz CT molecular complexity index is 855. The Morgan fingerprint density at radius 2 is 1.85 bits per heavy atom. The van der Waals surface area contributed by atoms with Gasteiger partial charge in [-0.2, -0.15) is 0 Å². The van der Waals surface area contributed by atoms with Gasteiger partial charge in [-0.3, -0.25) is 9.59 Å². The maximum atomic E-state index is 12.5. The Morgan fingerprint density at radius 1 is 1.19 bits per heavy atom. The van der Waals surface area contributed by atoms with E-state index in [0.29, 0.717) is 36.0 Å². The summed E-state index contributed by atoms with van der Waals surface area (Å²) in [6.07, 6.45) is 0.609. The predicted octanol–water partition coefficient (Wildman–Crippen LogP) is 2.53. The van der Waals surface area contributed by atoms with Crippen molar-refractivity contribution in [3.63, 3.8) is 0 Å². The molecule has 1 heterocycles. The first-order valence-electron chi connectivity index (χ1n) is 8.79. The summed E-state index contributed by atoms with van der Waals surface area (Å²) in [5.41, 5.74) is 0.778. The third-order valence-electron chi connectivity index (χ3n) is 3.84. The van der Waals surface area contributed by atoms with Gasteiger partial charge in [-0.1, -0.05) is 26.0 Å². The minimum absolute atomic E-state index is 0.131. The van der Waals surface area contributed by atoms with Crippen molar-refractivity contribution in [1.29, 1.82) is 0 Å². The molecule has 0 saturated heterocycles. The van der Waals surface area contributed by atoms with Crippen LogP contribution < -0.4 is 15.6 Å². The lowest BCUT2D eigenvalue weighted by Gasteiger charge is -2.16. The molecule has 7 heteroatoms. The lowest BCUT2D eigenvalue weighted by atomic mass is 10.0. The molecule has 0 aliphatic heterocycles. The molecule has 1 aromatic carbocycles. The standard InChI is InChI=1S/C20H24N2O5/c1-4-27-16-7-5-13(6-8-16)18(20(25)26)22-19(24)14-10-15(9-12(2)3)21-17(23)11-14/h5-8,10-12,18H,4,9H2,1-3H3,(H,21,23)(H,22,24)(H,25,26). The van der Waals surface area contributed by atoms with Crippen molar-refractivity contribution in [1.82, 2.24) is 10.3 Å². The number of carbonyl (C=O) groups excluding carboxylic acids is 1. The molecule has 144 valence electrons. The quantitative estimate of drug-likeness (QED) is 0.660. The zero-order valence-electron chi connectivity index (χ0n) is 15.6. The first-order chi connectivity index (χ1) is 12.8. The number of rotatable bonds is 8. The molecule has 7 nitrogen and oxygen atoms in total. The number of hydrogen-bond acceptors (Lipinski definition) is 4. The molecule has 0 radical (unpaired) electrons. The number of hydrogen-bond donors (Lipinski definition) is 3. The molecule has 0 aliphatic carbocycles. The van der Waals surface area contributed by atoms with E-state index in [9.17, 15) is 19.5 Å². The van der Waals surface area contributed by atoms with Crippen molar-refractivity contribution in [3.8, 4) is 5.75 Å². The molecule has 27 heavy (non-hydrogen) atoms. The van der Waals surface area contributed by atoms with Gasteiger partial charge in [0.25, 0.3) is 5.91 Å². The number of carboxylic acids is 1. The molecule has 2 aromatic rings. The summed E-state index contributed by atoms with van der Waals surface area (Å²) in [4.78, 5) is 38.7. The number of amides is 1. The molecule has 0 spiro atoms. The lowest BCUT2D eigenvalue weighted by molar-refractivity contribution is -0.139. The van der Waals surface area contributed by atoms with Gasteiger partial charge in [0.05, 0.1) is 6.61 Å². The van der Waals surface area contributed by atoms with E-state index in [0.717, 1.165) is 6.07 Å². The van der Waals surface area contributed by atoms with Crippen LogP contribution >= 0.6 is 0 Å². The highest BCUT2D eigenvalue weighted by atomic mass is 16.5. The number of aromatic nitrogens is 1. The monoisotopic (exact) mass is 372 g/mol. The second-order valence-corrected chi connectivity index (χ2v) is 6.60. The number of aliphatic carboxylic acids is 1. The molecule has 1 amide bonds. The molecule has 2 rings (SSSR count). The number of ether oxygens (including phenoxy) is 1. The first-order valence-corrected chi connectivity index (χ1v) is 8.79. The fourth-order valence-corrected chi connectivity index (χ4v) is 2.71. The molecule has 0 bridgehead atoms. The normalized spacial score (nSPS) is 11.9. The Balaban J connectivity index is 2.23. The van der Waals surface area contributed by atoms with Gasteiger partial charge in [0, 0.05) is 17.3 Å². The summed E-state index contributed by atoms with van der Waals surface area (Å²) >= 11 is 0. The van der Waals surface area contributed by atoms with E-state index >= 15 is 0 Å². The van der Waals surface area contributed by atoms with Gasteiger partial charge < -0.3 is 20.1 Å². The topological polar surface area (TPSA) is 108 Å². The molecular weight excluding hydrogens is 348 g/mol. The van der Waals surface area contributed by atoms with Crippen LogP contribution in [0, 0.1) is 5.92 Å². The highest BCUT2D eigenvalue weighted by Crippen LogP contribution is 2.19. The Morgan fingerprint density at radius 3 is 2.41 bits per heavy atom. The van der Waals surface area contributed by atoms with Crippen molar-refractivity contribution >= 4 is 11.9 Å². The third kappa shape index (κ3) is 5.70. The fourth-order valence-electron chi connectivity index (χ4n) is 2.71. The van der Waals surface area contributed by atoms with E-state index in [-0.39, 0.29) is 5.56 Å². The van der Waals surface area contributed by atoms with E-state index in [2.05, 4.69) is 10.3 Å². The number of aromatic amines is 1. The molecule has 0 aliphatic rings. The van der Waals surface area contributed by atoms with Gasteiger partial charge in [-0.05, 0) is 43.0 Å². The summed E-state index contributed by atoms with van der Waals surface area (Å²) in [6.45, 7) is 6.35. The van der Waals surface area contributed by atoms with Crippen LogP contribution in [0.1, 0.15) is 48.4 Å². The predicted molar refractivity (Wildman–Crippen MR) is 101 cm³/mol. The van der Waals surface area contributed by atoms with Crippen molar-refractivity contribution in [2.45, 2.75) is 33.2 Å². The Kier molecular flexibility index (Phi) is 6.76. The van der Waals surface area contributed by atoms with Crippen LogP contribution in [0.5, 0.6) is 5.75 Å². The maximum Gasteiger partial charge on any atom is 0.330 e. The van der Waals surface area contributed by atoms with Crippen molar-refractivity contribution in [3.05, 3.63) is 63.6 Å². The molecule has 3 N–H and O–H groups in total. The van der Waals surface area contributed by atoms with E-state index in [4.69, 9.17) is 4.74 Å². The smallest absolute Gasteiger partial charge is 0.330 e. The molecule has 1 unspecified atom stereocenters. The third-order valence-corrected chi connectivity index (χ3v) is 3.84. The number of carbonyl (C=O) groups is 2. The second kappa shape index (κ2) is 9.02. The van der Waals surface area contributed by atoms with Crippen LogP contribution in [0.2, 0.25) is 0 Å². The lowest BCUT2D eigenvalue weighted by Crippen LogP contribution is -2.34. The van der Waals surface area contributed by atoms with Crippen molar-refractivity contribution < 1.29 is 19.4 Å². The summed E-state index contributed by atoms with van der Waals surface area (Å²) < 4.78 is 5.34. The zero-order valence-corrected chi connectivity index (χ0v) is 15.6. The van der Waals surface area contributed by atoms with Gasteiger partial charge in [0.1, 0.15) is 5.75 Å². The van der Waals surface area contributed by atoms with Crippen molar-refractivity contribution in [2.75, 3.05) is 6.61 Å². The largest absolute Gasteiger partial charge is 0.494 e. The van der Waals surface area contributed by atoms with Crippen LogP contribution in [-0.2, 0) is 11.2 Å². The van der Waals surface area contributed by atoms with Crippen LogP contribution in [0.25, 0.3) is 0 Å². The number of carboxylic acid groups (broad SMARTS) is 1. The Hall–Kier alpha value is -3.09. The van der Waals surface area contributed by atoms with Crippen LogP contribution in [0.4, 0.5) is 0 Å². The van der Waals surface area contributed by atoms with Crippen molar-refractivity contribution in [2.24, 2.45) is 5.92 Å². The highest BCUT2D eigenvalue weighted by Gasteiger charge is 2.23. The molecule has 0 saturated carbocycles. The van der Waals surface area contributed by atoms with Gasteiger partial charge in [-0.25, -0.2) is 4.79 Å². The van der Waals surface area contributed by atoms with Crippen LogP contribution in [0.15, 0.2) is 41.2 Å². The maximum absolute atomic E-state index is 12.5. The van der Waals surface area contributed by atoms with Gasteiger partial charge in [-0.15, -0.1) is 0 Å². The van der Waals surface area contributed by atoms with E-state index < -0.39 is 23.5 Å². The summed E-state index contributed by atoms with van der Waals surface area (Å²) in [7, 11) is 0. The van der Waals surface area contributed by atoms with Gasteiger partial charge >= 0.3 is 5.97 Å². The number of pyridine rings is 1. The zero-order chi connectivity index (χ0) is 20.0. The highest BCUT2D eigenvalue weighted by molar-refractivity contribution is 5.96. The first kappa shape index (κ1) is 20.2. The number of H-pyrrole nitrogens is 1. The SMILES string of the molecule is CCOc1ccc(C(NC(=O)c2cc(CC(C)C)[nH]c(=O)c2)C(=O)O)cc1. The van der Waals surface area contributed by atoms with E-state index in [1.54, 1.807) is 30.3 Å². The summed E-state index contributed by atoms with van der Waals surface area (Å²) in [5, 5.41) is 12.0. The van der Waals surface area contributed by atoms with E-state index in [1.807, 2.05) is 20.8 Å². The number of nitrogens with one attached hydrogen (secondary N) is 2. The molecule has 0 fully saturated rings. The number of benzene rings is 1. The molecular formula is C20H24N2O5. The molecule has 1 atom stereocenters.